The van der Waals surface area contributed by atoms with Crippen LogP contribution in [0.1, 0.15) is 17.5 Å². The minimum atomic E-state index is -3.24. The Hall–Kier alpha value is -3.99. The average molecular weight is 550 g/mol. The highest BCUT2D eigenvalue weighted by atomic mass is 35.5. The van der Waals surface area contributed by atoms with E-state index >= 15 is 0 Å². The largest absolute Gasteiger partial charge is 0.486 e. The number of fused-ring (bicyclic) bond motifs is 1. The number of nitrogens with two attached hydrogens (primary N) is 1. The van der Waals surface area contributed by atoms with Gasteiger partial charge in [0, 0.05) is 29.1 Å². The molecule has 0 spiro atoms. The molecule has 0 fully saturated rings. The number of sulfone groups is 1. The van der Waals surface area contributed by atoms with Crippen molar-refractivity contribution in [1.82, 2.24) is 15.0 Å². The van der Waals surface area contributed by atoms with E-state index in [0.717, 1.165) is 34.1 Å². The fourth-order valence-corrected chi connectivity index (χ4v) is 4.94. The first kappa shape index (κ1) is 25.7. The van der Waals surface area contributed by atoms with Crippen molar-refractivity contribution in [1.29, 1.82) is 0 Å². The first-order chi connectivity index (χ1) is 18.2. The van der Waals surface area contributed by atoms with Gasteiger partial charge in [-0.25, -0.2) is 18.4 Å². The Kier molecular flexibility index (Phi) is 7.28. The van der Waals surface area contributed by atoms with E-state index in [4.69, 9.17) is 26.5 Å². The molecule has 0 aliphatic carbocycles. The Morgan fingerprint density at radius 3 is 2.68 bits per heavy atom. The number of benzene rings is 2. The number of furan rings is 1. The van der Waals surface area contributed by atoms with Crippen LogP contribution in [0.3, 0.4) is 0 Å². The van der Waals surface area contributed by atoms with Crippen LogP contribution >= 0.6 is 11.6 Å². The maximum atomic E-state index is 11.6. The van der Waals surface area contributed by atoms with E-state index in [1.54, 1.807) is 30.5 Å². The molecule has 0 radical (unpaired) electrons. The monoisotopic (exact) mass is 549 g/mol. The number of ether oxygens (including phenoxy) is 1. The molecule has 3 N–H and O–H groups in total. The first-order valence-corrected chi connectivity index (χ1v) is 14.1. The molecular weight excluding hydrogens is 526 g/mol. The summed E-state index contributed by atoms with van der Waals surface area (Å²) >= 11 is 6.47. The third-order valence-electron chi connectivity index (χ3n) is 5.69. The smallest absolute Gasteiger partial charge is 0.149 e. The zero-order chi connectivity index (χ0) is 26.7. The Balaban J connectivity index is 1.37. The summed E-state index contributed by atoms with van der Waals surface area (Å²) in [6.45, 7) is 0.306. The minimum absolute atomic E-state index is 0.199. The molecule has 0 aliphatic heterocycles. The second kappa shape index (κ2) is 10.8. The number of rotatable bonds is 9. The van der Waals surface area contributed by atoms with Crippen LogP contribution in [-0.4, -0.2) is 35.4 Å². The fraction of sp³-hybridized carbons (Fsp3) is 0.148. The van der Waals surface area contributed by atoms with Crippen molar-refractivity contribution in [2.75, 3.05) is 17.3 Å². The average Bonchev–Trinajstić information content (AvgIpc) is 3.39. The van der Waals surface area contributed by atoms with Crippen LogP contribution in [0.4, 0.5) is 11.5 Å². The van der Waals surface area contributed by atoms with Crippen molar-refractivity contribution in [3.8, 4) is 17.1 Å². The topological polar surface area (TPSA) is 133 Å². The number of hydrogen-bond acceptors (Lipinski definition) is 9. The van der Waals surface area contributed by atoms with Crippen molar-refractivity contribution in [2.24, 2.45) is 5.73 Å². The second-order valence-corrected chi connectivity index (χ2v) is 11.3. The molecule has 0 saturated carbocycles. The molecule has 194 valence electrons. The van der Waals surface area contributed by atoms with Gasteiger partial charge in [0.2, 0.25) is 0 Å². The fourth-order valence-electron chi connectivity index (χ4n) is 3.89. The van der Waals surface area contributed by atoms with Gasteiger partial charge in [0.25, 0.3) is 0 Å². The van der Waals surface area contributed by atoms with Gasteiger partial charge in [0.05, 0.1) is 28.0 Å². The van der Waals surface area contributed by atoms with E-state index < -0.39 is 15.9 Å². The van der Waals surface area contributed by atoms with Crippen molar-refractivity contribution >= 4 is 43.8 Å². The maximum absolute atomic E-state index is 11.6. The molecule has 11 heteroatoms. The molecular formula is C27H24ClN5O4S. The molecule has 0 aliphatic rings. The molecule has 2 aromatic carbocycles. The summed E-state index contributed by atoms with van der Waals surface area (Å²) in [5.41, 5.74) is 9.04. The minimum Gasteiger partial charge on any atom is -0.486 e. The molecule has 0 bridgehead atoms. The van der Waals surface area contributed by atoms with Gasteiger partial charge >= 0.3 is 0 Å². The summed E-state index contributed by atoms with van der Waals surface area (Å²) in [7, 11) is -3.24. The molecule has 5 aromatic rings. The van der Waals surface area contributed by atoms with E-state index in [2.05, 4.69) is 20.3 Å². The lowest BCUT2D eigenvalue weighted by Gasteiger charge is -2.12. The lowest BCUT2D eigenvalue weighted by atomic mass is 10.1. The van der Waals surface area contributed by atoms with Crippen LogP contribution < -0.4 is 15.8 Å². The van der Waals surface area contributed by atoms with Gasteiger partial charge in [-0.05, 0) is 60.7 Å². The van der Waals surface area contributed by atoms with Crippen LogP contribution in [-0.2, 0) is 16.4 Å². The Bertz CT molecular complexity index is 1690. The summed E-state index contributed by atoms with van der Waals surface area (Å²) in [5, 5.41) is 4.50. The normalized spacial score (nSPS) is 12.4. The van der Waals surface area contributed by atoms with Crippen molar-refractivity contribution in [3.63, 3.8) is 0 Å². The summed E-state index contributed by atoms with van der Waals surface area (Å²) in [5.74, 6) is 1.87. The quantitative estimate of drug-likeness (QED) is 0.251. The van der Waals surface area contributed by atoms with E-state index in [0.29, 0.717) is 34.7 Å². The van der Waals surface area contributed by atoms with E-state index in [-0.39, 0.29) is 5.75 Å². The Morgan fingerprint density at radius 2 is 1.92 bits per heavy atom. The van der Waals surface area contributed by atoms with Gasteiger partial charge in [0.1, 0.15) is 45.9 Å². The van der Waals surface area contributed by atoms with E-state index in [1.807, 2.05) is 42.5 Å². The van der Waals surface area contributed by atoms with Crippen LogP contribution in [0.2, 0.25) is 5.02 Å². The standard InChI is InChI=1S/C27H24ClN5O4S/c1-38(34,35)15-22(29)26-10-9-24(37-26)17-5-7-23-20(12-17)27(32-16-31-23)33-18-6-8-25(21(28)13-18)36-14-19-4-2-3-11-30-19/h2-13,16,22H,14-15,29H2,1H3,(H,31,32,33). The van der Waals surface area contributed by atoms with Gasteiger partial charge in [0.15, 0.2) is 0 Å². The second-order valence-electron chi connectivity index (χ2n) is 8.74. The van der Waals surface area contributed by atoms with Gasteiger partial charge in [-0.15, -0.1) is 0 Å². The number of pyridine rings is 1. The van der Waals surface area contributed by atoms with E-state index in [9.17, 15) is 8.42 Å². The zero-order valence-electron chi connectivity index (χ0n) is 20.3. The number of anilines is 2. The third kappa shape index (κ3) is 6.10. The van der Waals surface area contributed by atoms with Crippen LogP contribution in [0.25, 0.3) is 22.2 Å². The summed E-state index contributed by atoms with van der Waals surface area (Å²) < 4.78 is 34.9. The lowest BCUT2D eigenvalue weighted by Crippen LogP contribution is -2.20. The van der Waals surface area contributed by atoms with Crippen LogP contribution in [0, 0.1) is 0 Å². The molecule has 0 saturated heterocycles. The van der Waals surface area contributed by atoms with Gasteiger partial charge in [-0.2, -0.15) is 0 Å². The maximum Gasteiger partial charge on any atom is 0.149 e. The predicted octanol–water partition coefficient (Wildman–Crippen LogP) is 5.31. The van der Waals surface area contributed by atoms with Crippen molar-refractivity contribution in [2.45, 2.75) is 12.6 Å². The molecule has 1 unspecified atom stereocenters. The summed E-state index contributed by atoms with van der Waals surface area (Å²) in [4.78, 5) is 13.0. The van der Waals surface area contributed by atoms with Gasteiger partial charge in [-0.1, -0.05) is 17.7 Å². The molecule has 3 heterocycles. The number of nitrogens with zero attached hydrogens (tertiary/aromatic N) is 3. The van der Waals surface area contributed by atoms with Gasteiger partial charge in [-0.3, -0.25) is 4.98 Å². The highest BCUT2D eigenvalue weighted by Crippen LogP contribution is 2.33. The molecule has 1 atom stereocenters. The summed E-state index contributed by atoms with van der Waals surface area (Å²) in [6.07, 6.45) is 4.33. The molecule has 5 rings (SSSR count). The highest BCUT2D eigenvalue weighted by molar-refractivity contribution is 7.90. The van der Waals surface area contributed by atoms with Crippen LogP contribution in [0.15, 0.2) is 83.7 Å². The zero-order valence-corrected chi connectivity index (χ0v) is 21.9. The third-order valence-corrected chi connectivity index (χ3v) is 6.95. The SMILES string of the molecule is CS(=O)(=O)CC(N)c1ccc(-c2ccc3ncnc(Nc4ccc(OCc5ccccn5)c(Cl)c4)c3c2)o1. The highest BCUT2D eigenvalue weighted by Gasteiger charge is 2.18. The molecule has 9 nitrogen and oxygen atoms in total. The molecule has 38 heavy (non-hydrogen) atoms. The Labute approximate surface area is 224 Å². The number of hydrogen-bond donors (Lipinski definition) is 2. The summed E-state index contributed by atoms with van der Waals surface area (Å²) in [6, 6.07) is 19.3. The van der Waals surface area contributed by atoms with Crippen molar-refractivity contribution in [3.05, 3.63) is 95.7 Å². The van der Waals surface area contributed by atoms with Crippen LogP contribution in [0.5, 0.6) is 5.75 Å². The number of nitrogens with one attached hydrogen (secondary N) is 1. The molecule has 3 aromatic heterocycles. The first-order valence-electron chi connectivity index (χ1n) is 11.6. The van der Waals surface area contributed by atoms with E-state index in [1.165, 1.54) is 6.33 Å². The van der Waals surface area contributed by atoms with Gasteiger partial charge < -0.3 is 20.2 Å². The number of halogens is 1. The Morgan fingerprint density at radius 1 is 1.05 bits per heavy atom. The predicted molar refractivity (Wildman–Crippen MR) is 147 cm³/mol. The van der Waals surface area contributed by atoms with Crippen molar-refractivity contribution < 1.29 is 17.6 Å². The molecule has 0 amide bonds. The number of aromatic nitrogens is 3. The lowest BCUT2D eigenvalue weighted by molar-refractivity contribution is 0.301.